The van der Waals surface area contributed by atoms with Crippen molar-refractivity contribution in [2.24, 2.45) is 11.8 Å². The van der Waals surface area contributed by atoms with E-state index in [4.69, 9.17) is 0 Å². The molecule has 0 radical (unpaired) electrons. The Labute approximate surface area is 245 Å². The standard InChI is InChI=1S/C32H62N4O4/c1-7-9-11-17-21-25-35(5)31(39)27(3)29(37)33-23-19-15-13-14-16-20-24-34-30(38)28(4)32(40)36(6)26-22-18-12-10-8-2/h27-28H,7-26H2,1-6H3,(H,33,37)(H,34,38)/t27-,28-/m1/s1. The first-order chi connectivity index (χ1) is 19.2. The fourth-order valence-corrected chi connectivity index (χ4v) is 4.70. The second kappa shape index (κ2) is 24.7. The van der Waals surface area contributed by atoms with Gasteiger partial charge in [0, 0.05) is 40.3 Å². The molecule has 0 saturated carbocycles. The smallest absolute Gasteiger partial charge is 0.234 e. The molecule has 2 atom stereocenters. The van der Waals surface area contributed by atoms with Crippen molar-refractivity contribution in [2.75, 3.05) is 40.3 Å². The summed E-state index contributed by atoms with van der Waals surface area (Å²) in [5, 5.41) is 5.82. The molecule has 8 heteroatoms. The summed E-state index contributed by atoms with van der Waals surface area (Å²) in [7, 11) is 3.57. The first-order valence-corrected chi connectivity index (χ1v) is 16.2. The Hall–Kier alpha value is -2.12. The second-order valence-corrected chi connectivity index (χ2v) is 11.5. The van der Waals surface area contributed by atoms with E-state index in [-0.39, 0.29) is 23.6 Å². The highest BCUT2D eigenvalue weighted by molar-refractivity contribution is 6.00. The summed E-state index contributed by atoms with van der Waals surface area (Å²) in [4.78, 5) is 53.1. The average Bonchev–Trinajstić information content (AvgIpc) is 2.95. The summed E-state index contributed by atoms with van der Waals surface area (Å²) in [6.45, 7) is 10.3. The molecule has 4 amide bonds. The average molecular weight is 567 g/mol. The zero-order valence-corrected chi connectivity index (χ0v) is 26.8. The maximum Gasteiger partial charge on any atom is 0.234 e. The van der Waals surface area contributed by atoms with Gasteiger partial charge in [-0.05, 0) is 39.5 Å². The molecule has 0 aliphatic rings. The van der Waals surface area contributed by atoms with E-state index < -0.39 is 11.8 Å². The highest BCUT2D eigenvalue weighted by Crippen LogP contribution is 2.09. The molecular weight excluding hydrogens is 504 g/mol. The van der Waals surface area contributed by atoms with Crippen LogP contribution in [0.15, 0.2) is 0 Å². The predicted octanol–water partition coefficient (Wildman–Crippen LogP) is 5.69. The first-order valence-electron chi connectivity index (χ1n) is 16.2. The number of hydrogen-bond acceptors (Lipinski definition) is 4. The van der Waals surface area contributed by atoms with Gasteiger partial charge >= 0.3 is 0 Å². The number of nitrogens with one attached hydrogen (secondary N) is 2. The highest BCUT2D eigenvalue weighted by Gasteiger charge is 2.25. The Bertz CT molecular complexity index is 642. The number of amides is 4. The lowest BCUT2D eigenvalue weighted by atomic mass is 10.1. The van der Waals surface area contributed by atoms with Gasteiger partial charge in [0.1, 0.15) is 11.8 Å². The molecule has 0 heterocycles. The molecular formula is C32H62N4O4. The number of carbonyl (C=O) groups excluding carboxylic acids is 4. The van der Waals surface area contributed by atoms with Crippen LogP contribution in [0.5, 0.6) is 0 Å². The van der Waals surface area contributed by atoms with Crippen molar-refractivity contribution in [3.63, 3.8) is 0 Å². The second-order valence-electron chi connectivity index (χ2n) is 11.5. The van der Waals surface area contributed by atoms with E-state index in [0.717, 1.165) is 64.2 Å². The Kier molecular flexibility index (Phi) is 23.4. The van der Waals surface area contributed by atoms with E-state index in [1.165, 1.54) is 38.5 Å². The van der Waals surface area contributed by atoms with Gasteiger partial charge in [-0.1, -0.05) is 90.9 Å². The first kappa shape index (κ1) is 37.9. The number of rotatable bonds is 25. The van der Waals surface area contributed by atoms with Crippen molar-refractivity contribution in [1.82, 2.24) is 20.4 Å². The number of hydrogen-bond donors (Lipinski definition) is 2. The van der Waals surface area contributed by atoms with Crippen LogP contribution >= 0.6 is 0 Å². The maximum atomic E-state index is 12.5. The van der Waals surface area contributed by atoms with Gasteiger partial charge in [0.2, 0.25) is 23.6 Å². The molecule has 0 aliphatic heterocycles. The number of nitrogens with zero attached hydrogens (tertiary/aromatic N) is 2. The quantitative estimate of drug-likeness (QED) is 0.110. The van der Waals surface area contributed by atoms with Crippen LogP contribution in [0.2, 0.25) is 0 Å². The molecule has 0 spiro atoms. The Morgan fingerprint density at radius 2 is 0.800 bits per heavy atom. The van der Waals surface area contributed by atoms with Crippen molar-refractivity contribution < 1.29 is 19.2 Å². The van der Waals surface area contributed by atoms with Crippen LogP contribution < -0.4 is 10.6 Å². The molecule has 0 aliphatic carbocycles. The summed E-state index contributed by atoms with van der Waals surface area (Å²) in [6.07, 6.45) is 17.4. The SMILES string of the molecule is CCCCCCCN(C)C(=O)[C@H](C)C(=O)NCCCCCCCCNC(=O)[C@@H](C)C(=O)N(C)CCCCCCC. The Morgan fingerprint density at radius 1 is 0.500 bits per heavy atom. The third-order valence-electron chi connectivity index (χ3n) is 7.68. The molecule has 0 aromatic carbocycles. The minimum Gasteiger partial charge on any atom is -0.355 e. The minimum atomic E-state index is -0.648. The molecule has 0 unspecified atom stereocenters. The fraction of sp³-hybridized carbons (Fsp3) is 0.875. The molecule has 0 rings (SSSR count). The molecule has 8 nitrogen and oxygen atoms in total. The summed E-state index contributed by atoms with van der Waals surface area (Å²) in [5.74, 6) is -1.89. The van der Waals surface area contributed by atoms with Crippen LogP contribution in [0, 0.1) is 11.8 Å². The largest absolute Gasteiger partial charge is 0.355 e. The van der Waals surface area contributed by atoms with Crippen LogP contribution in [0.3, 0.4) is 0 Å². The van der Waals surface area contributed by atoms with Crippen molar-refractivity contribution in [3.05, 3.63) is 0 Å². The summed E-state index contributed by atoms with van der Waals surface area (Å²) < 4.78 is 0. The number of unbranched alkanes of at least 4 members (excludes halogenated alkanes) is 13. The van der Waals surface area contributed by atoms with Crippen molar-refractivity contribution in [1.29, 1.82) is 0 Å². The predicted molar refractivity (Wildman–Crippen MR) is 165 cm³/mol. The molecule has 0 fully saturated rings. The molecule has 40 heavy (non-hydrogen) atoms. The number of carbonyl (C=O) groups is 4. The van der Waals surface area contributed by atoms with E-state index in [1.54, 1.807) is 37.7 Å². The van der Waals surface area contributed by atoms with Crippen LogP contribution in [-0.2, 0) is 19.2 Å². The monoisotopic (exact) mass is 566 g/mol. The molecule has 0 aromatic rings. The topological polar surface area (TPSA) is 98.8 Å². The van der Waals surface area contributed by atoms with E-state index >= 15 is 0 Å². The molecule has 0 saturated heterocycles. The van der Waals surface area contributed by atoms with Crippen molar-refractivity contribution in [3.8, 4) is 0 Å². The molecule has 0 bridgehead atoms. The third-order valence-corrected chi connectivity index (χ3v) is 7.68. The summed E-state index contributed by atoms with van der Waals surface area (Å²) in [6, 6.07) is 0. The molecule has 0 aromatic heterocycles. The van der Waals surface area contributed by atoms with E-state index in [1.807, 2.05) is 0 Å². The zero-order valence-electron chi connectivity index (χ0n) is 26.8. The van der Waals surface area contributed by atoms with Crippen LogP contribution in [-0.4, -0.2) is 73.7 Å². The van der Waals surface area contributed by atoms with Crippen LogP contribution in [0.25, 0.3) is 0 Å². The maximum absolute atomic E-state index is 12.5. The highest BCUT2D eigenvalue weighted by atomic mass is 16.2. The van der Waals surface area contributed by atoms with Crippen LogP contribution in [0.1, 0.15) is 130 Å². The van der Waals surface area contributed by atoms with Gasteiger partial charge < -0.3 is 20.4 Å². The fourth-order valence-electron chi connectivity index (χ4n) is 4.70. The minimum absolute atomic E-state index is 0.108. The van der Waals surface area contributed by atoms with Gasteiger partial charge in [-0.25, -0.2) is 0 Å². The van der Waals surface area contributed by atoms with E-state index in [2.05, 4.69) is 24.5 Å². The Morgan fingerprint density at radius 3 is 1.15 bits per heavy atom. The van der Waals surface area contributed by atoms with Gasteiger partial charge in [-0.15, -0.1) is 0 Å². The van der Waals surface area contributed by atoms with E-state index in [0.29, 0.717) is 26.2 Å². The van der Waals surface area contributed by atoms with Gasteiger partial charge in [0.25, 0.3) is 0 Å². The Balaban J connectivity index is 3.84. The lowest BCUT2D eigenvalue weighted by Gasteiger charge is -2.21. The van der Waals surface area contributed by atoms with E-state index in [9.17, 15) is 19.2 Å². The third kappa shape index (κ3) is 18.3. The lowest BCUT2D eigenvalue weighted by molar-refractivity contribution is -0.142. The van der Waals surface area contributed by atoms with Gasteiger partial charge in [-0.2, -0.15) is 0 Å². The van der Waals surface area contributed by atoms with Gasteiger partial charge in [0.05, 0.1) is 0 Å². The lowest BCUT2D eigenvalue weighted by Crippen LogP contribution is -2.41. The molecule has 234 valence electrons. The van der Waals surface area contributed by atoms with Gasteiger partial charge in [0.15, 0.2) is 0 Å². The normalized spacial score (nSPS) is 12.4. The summed E-state index contributed by atoms with van der Waals surface area (Å²) >= 11 is 0. The van der Waals surface area contributed by atoms with Crippen LogP contribution in [0.4, 0.5) is 0 Å². The summed E-state index contributed by atoms with van der Waals surface area (Å²) in [5.41, 5.74) is 0. The van der Waals surface area contributed by atoms with Crippen molar-refractivity contribution >= 4 is 23.6 Å². The molecule has 2 N–H and O–H groups in total. The van der Waals surface area contributed by atoms with Gasteiger partial charge in [-0.3, -0.25) is 19.2 Å². The zero-order chi connectivity index (χ0) is 30.2. The van der Waals surface area contributed by atoms with Crippen molar-refractivity contribution in [2.45, 2.75) is 130 Å².